The third kappa shape index (κ3) is 8.78. The maximum absolute atomic E-state index is 15.8. The van der Waals surface area contributed by atoms with E-state index in [2.05, 4.69) is 20.3 Å². The summed E-state index contributed by atoms with van der Waals surface area (Å²) in [5.41, 5.74) is 9.14. The molecule has 5 N–H and O–H groups in total. The van der Waals surface area contributed by atoms with Gasteiger partial charge in [-0.05, 0) is 92.3 Å². The molecular formula is C39H41F3N6O5. The van der Waals surface area contributed by atoms with Crippen molar-refractivity contribution in [3.05, 3.63) is 131 Å². The number of halogens is 3. The molecule has 1 aliphatic heterocycles. The van der Waals surface area contributed by atoms with E-state index in [0.29, 0.717) is 22.5 Å². The van der Waals surface area contributed by atoms with Crippen LogP contribution in [0.15, 0.2) is 85.2 Å². The van der Waals surface area contributed by atoms with Crippen LogP contribution >= 0.6 is 0 Å². The number of aromatic nitrogens is 3. The average Bonchev–Trinajstić information content (AvgIpc) is 3.55. The molecule has 2 aromatic heterocycles. The first-order chi connectivity index (χ1) is 25.3. The minimum absolute atomic E-state index is 0.00513. The number of hydrogen-bond acceptors (Lipinski definition) is 7. The number of carbonyl (C=O) groups is 2. The lowest BCUT2D eigenvalue weighted by Crippen LogP contribution is -2.48. The van der Waals surface area contributed by atoms with Crippen LogP contribution in [-0.2, 0) is 15.9 Å². The number of nitrogens with two attached hydrogens (primary N) is 1. The number of ether oxygens (including phenoxy) is 2. The smallest absolute Gasteiger partial charge is 0.408 e. The van der Waals surface area contributed by atoms with Crippen molar-refractivity contribution < 1.29 is 37.3 Å². The van der Waals surface area contributed by atoms with Gasteiger partial charge in [0.05, 0.1) is 48.6 Å². The summed E-state index contributed by atoms with van der Waals surface area (Å²) in [5, 5.41) is 13.0. The highest BCUT2D eigenvalue weighted by molar-refractivity contribution is 5.75. The van der Waals surface area contributed by atoms with E-state index >= 15 is 4.39 Å². The van der Waals surface area contributed by atoms with Crippen molar-refractivity contribution in [2.75, 3.05) is 13.2 Å². The molecule has 1 saturated heterocycles. The summed E-state index contributed by atoms with van der Waals surface area (Å²) in [6.07, 6.45) is 0.240. The lowest BCUT2D eigenvalue weighted by molar-refractivity contribution is -0.0596. The first-order valence-electron chi connectivity index (χ1n) is 17.2. The van der Waals surface area contributed by atoms with Crippen molar-refractivity contribution in [3.8, 4) is 0 Å². The number of carboxylic acid groups (broad SMARTS) is 1. The second-order valence-electron chi connectivity index (χ2n) is 14.1. The van der Waals surface area contributed by atoms with Crippen molar-refractivity contribution in [1.82, 2.24) is 25.2 Å². The molecule has 0 spiro atoms. The molecular weight excluding hydrogens is 689 g/mol. The van der Waals surface area contributed by atoms with Crippen molar-refractivity contribution >= 4 is 23.2 Å². The van der Waals surface area contributed by atoms with E-state index in [4.69, 9.17) is 15.2 Å². The minimum Gasteiger partial charge on any atom is -0.465 e. The third-order valence-electron chi connectivity index (χ3n) is 9.24. The fourth-order valence-corrected chi connectivity index (χ4v) is 6.76. The number of benzene rings is 3. The molecule has 2 amide bonds. The van der Waals surface area contributed by atoms with Crippen molar-refractivity contribution in [1.29, 1.82) is 0 Å². The van der Waals surface area contributed by atoms with Crippen LogP contribution in [0.1, 0.15) is 73.3 Å². The molecule has 0 aliphatic carbocycles. The largest absolute Gasteiger partial charge is 0.465 e. The van der Waals surface area contributed by atoms with Gasteiger partial charge < -0.3 is 30.6 Å². The van der Waals surface area contributed by atoms with E-state index < -0.39 is 65.4 Å². The van der Waals surface area contributed by atoms with Crippen LogP contribution < -0.4 is 11.1 Å². The van der Waals surface area contributed by atoms with Crippen LogP contribution in [0.3, 0.4) is 0 Å². The van der Waals surface area contributed by atoms with Crippen LogP contribution in [0.2, 0.25) is 0 Å². The molecule has 1 fully saturated rings. The molecule has 11 nitrogen and oxygen atoms in total. The zero-order valence-electron chi connectivity index (χ0n) is 29.4. The molecule has 3 aromatic carbocycles. The highest BCUT2D eigenvalue weighted by Crippen LogP contribution is 2.36. The topological polar surface area (TPSA) is 156 Å². The molecule has 0 bridgehead atoms. The Morgan fingerprint density at radius 1 is 1.02 bits per heavy atom. The highest BCUT2D eigenvalue weighted by atomic mass is 19.1. The Morgan fingerprint density at radius 3 is 2.26 bits per heavy atom. The first-order valence-corrected chi connectivity index (χ1v) is 17.2. The number of alkyl carbamates (subject to hydrolysis) is 1. The molecule has 0 radical (unpaired) electrons. The number of morpholine rings is 1. The summed E-state index contributed by atoms with van der Waals surface area (Å²) < 4.78 is 55.7. The standard InChI is InChI=1S/C39H41F3N6O5/c1-39(2,3)53-37(49)47-35(33(22-8-12-24(40)13-9-22)23-10-14-25(41)15-11-23)34(43)28-18-44-19-29(42)27(28)17-16-26-20-48(38(50)51)32(21-52-26)36-45-30-6-4-5-7-31(30)46-36/h4-15,18-19,26,32-35H,16-17,20-21,43H2,1-3H3,(H,45,46)(H,47,49)(H,50,51). The number of rotatable bonds is 10. The monoisotopic (exact) mass is 730 g/mol. The Balaban J connectivity index is 1.29. The van der Waals surface area contributed by atoms with Gasteiger partial charge >= 0.3 is 12.2 Å². The summed E-state index contributed by atoms with van der Waals surface area (Å²) in [7, 11) is 0. The van der Waals surface area contributed by atoms with E-state index in [9.17, 15) is 23.5 Å². The zero-order valence-corrected chi connectivity index (χ0v) is 29.4. The molecule has 3 heterocycles. The number of amides is 2. The van der Waals surface area contributed by atoms with Crippen molar-refractivity contribution in [2.45, 2.75) is 69.4 Å². The summed E-state index contributed by atoms with van der Waals surface area (Å²) in [5.74, 6) is -1.95. The number of imidazole rings is 1. The van der Waals surface area contributed by atoms with Gasteiger partial charge in [0, 0.05) is 12.1 Å². The van der Waals surface area contributed by atoms with E-state index in [1.165, 1.54) is 59.6 Å². The van der Waals surface area contributed by atoms with E-state index in [-0.39, 0.29) is 37.1 Å². The van der Waals surface area contributed by atoms with Gasteiger partial charge in [0.25, 0.3) is 0 Å². The molecule has 4 atom stereocenters. The van der Waals surface area contributed by atoms with Crippen LogP contribution in [0.25, 0.3) is 11.0 Å². The first kappa shape index (κ1) is 37.3. The molecule has 14 heteroatoms. The Bertz CT molecular complexity index is 1980. The number of nitrogens with zero attached hydrogens (tertiary/aromatic N) is 3. The number of nitrogens with one attached hydrogen (secondary N) is 2. The number of aromatic amines is 1. The maximum atomic E-state index is 15.8. The lowest BCUT2D eigenvalue weighted by atomic mass is 9.79. The molecule has 278 valence electrons. The Labute approximate surface area is 304 Å². The van der Waals surface area contributed by atoms with Gasteiger partial charge in [-0.15, -0.1) is 0 Å². The van der Waals surface area contributed by atoms with Crippen LogP contribution in [0, 0.1) is 17.5 Å². The summed E-state index contributed by atoms with van der Waals surface area (Å²) in [6, 6.07) is 15.8. The minimum atomic E-state index is -1.15. The fraction of sp³-hybridized carbons (Fsp3) is 0.333. The van der Waals surface area contributed by atoms with Crippen LogP contribution in [-0.4, -0.2) is 68.0 Å². The lowest BCUT2D eigenvalue weighted by Gasteiger charge is -2.37. The number of H-pyrrole nitrogens is 1. The van der Waals surface area contributed by atoms with Gasteiger partial charge in [-0.1, -0.05) is 36.4 Å². The summed E-state index contributed by atoms with van der Waals surface area (Å²) in [4.78, 5) is 38.9. The normalized spacial score (nSPS) is 17.5. The van der Waals surface area contributed by atoms with Gasteiger partial charge in [0.2, 0.25) is 0 Å². The van der Waals surface area contributed by atoms with Crippen LogP contribution in [0.4, 0.5) is 22.8 Å². The number of pyridine rings is 1. The molecule has 4 unspecified atom stereocenters. The molecule has 6 rings (SSSR count). The molecule has 1 aliphatic rings. The SMILES string of the molecule is CC(C)(C)OC(=O)NC(C(N)c1cncc(F)c1CCC1CN(C(=O)O)C(c2nc3ccccc3[nH]2)CO1)C(c1ccc(F)cc1)c1ccc(F)cc1. The van der Waals surface area contributed by atoms with Gasteiger partial charge in [-0.2, -0.15) is 0 Å². The summed E-state index contributed by atoms with van der Waals surface area (Å²) in [6.45, 7) is 5.13. The average molecular weight is 731 g/mol. The zero-order chi connectivity index (χ0) is 37.9. The predicted molar refractivity (Wildman–Crippen MR) is 191 cm³/mol. The summed E-state index contributed by atoms with van der Waals surface area (Å²) >= 11 is 0. The second-order valence-corrected chi connectivity index (χ2v) is 14.1. The van der Waals surface area contributed by atoms with Crippen LogP contribution in [0.5, 0.6) is 0 Å². The second kappa shape index (κ2) is 15.6. The predicted octanol–water partition coefficient (Wildman–Crippen LogP) is 7.15. The van der Waals surface area contributed by atoms with E-state index in [1.54, 1.807) is 20.8 Å². The fourth-order valence-electron chi connectivity index (χ4n) is 6.76. The van der Waals surface area contributed by atoms with Gasteiger partial charge in [-0.25, -0.2) is 27.7 Å². The molecule has 53 heavy (non-hydrogen) atoms. The maximum Gasteiger partial charge on any atom is 0.408 e. The van der Waals surface area contributed by atoms with Crippen molar-refractivity contribution in [2.24, 2.45) is 5.73 Å². The van der Waals surface area contributed by atoms with E-state index in [1.807, 2.05) is 24.3 Å². The molecule has 5 aromatic rings. The van der Waals surface area contributed by atoms with Gasteiger partial charge in [0.15, 0.2) is 0 Å². The number of fused-ring (bicyclic) bond motifs is 1. The van der Waals surface area contributed by atoms with Gasteiger partial charge in [-0.3, -0.25) is 9.88 Å². The van der Waals surface area contributed by atoms with Crippen molar-refractivity contribution in [3.63, 3.8) is 0 Å². The van der Waals surface area contributed by atoms with Gasteiger partial charge in [0.1, 0.15) is 34.9 Å². The number of carbonyl (C=O) groups excluding carboxylic acids is 1. The highest BCUT2D eigenvalue weighted by Gasteiger charge is 2.37. The Hall–Kier alpha value is -5.47. The number of hydrogen-bond donors (Lipinski definition) is 4. The number of para-hydroxylation sites is 2. The third-order valence-corrected chi connectivity index (χ3v) is 9.24. The quantitative estimate of drug-likeness (QED) is 0.118. The van der Waals surface area contributed by atoms with E-state index in [0.717, 1.165) is 11.7 Å². The molecule has 0 saturated carbocycles. The Kier molecular flexibility index (Phi) is 11.0. The Morgan fingerprint density at radius 2 is 1.66 bits per heavy atom.